The van der Waals surface area contributed by atoms with Gasteiger partial charge in [0.2, 0.25) is 0 Å². The minimum absolute atomic E-state index is 0.438. The number of hydrogen-bond acceptors (Lipinski definition) is 2. The van der Waals surface area contributed by atoms with E-state index < -0.39 is 0 Å². The highest BCUT2D eigenvalue weighted by Gasteiger charge is 2.41. The third-order valence-corrected chi connectivity index (χ3v) is 4.62. The normalized spacial score (nSPS) is 17.3. The van der Waals surface area contributed by atoms with Gasteiger partial charge in [-0.15, -0.1) is 11.6 Å². The maximum atomic E-state index is 6.01. The van der Waals surface area contributed by atoms with Gasteiger partial charge in [-0.1, -0.05) is 6.92 Å². The zero-order valence-corrected chi connectivity index (χ0v) is 12.6. The minimum Gasteiger partial charge on any atom is -0.311 e. The van der Waals surface area contributed by atoms with Crippen molar-refractivity contribution in [2.75, 3.05) is 0 Å². The SMILES string of the molecule is CCC1(Cn2c(CCl)nc3cc(Br)cnc32)CC1. The second-order valence-corrected chi connectivity index (χ2v) is 6.28. The Kier molecular flexibility index (Phi) is 3.10. The molecule has 1 aliphatic carbocycles. The molecule has 3 rings (SSSR count). The van der Waals surface area contributed by atoms with Crippen LogP contribution in [0.15, 0.2) is 16.7 Å². The van der Waals surface area contributed by atoms with Gasteiger partial charge in [0.1, 0.15) is 11.3 Å². The molecule has 0 N–H and O–H groups in total. The van der Waals surface area contributed by atoms with Gasteiger partial charge >= 0.3 is 0 Å². The highest BCUT2D eigenvalue weighted by molar-refractivity contribution is 9.10. The van der Waals surface area contributed by atoms with Gasteiger partial charge in [-0.3, -0.25) is 0 Å². The lowest BCUT2D eigenvalue weighted by atomic mass is 10.0. The van der Waals surface area contributed by atoms with Gasteiger partial charge in [-0.05, 0) is 46.7 Å². The number of hydrogen-bond donors (Lipinski definition) is 0. The predicted octanol–water partition coefficient (Wildman–Crippen LogP) is 4.12. The molecular formula is C13H15BrClN3. The molecule has 0 spiro atoms. The van der Waals surface area contributed by atoms with Gasteiger partial charge in [0, 0.05) is 17.2 Å². The summed E-state index contributed by atoms with van der Waals surface area (Å²) in [5.74, 6) is 1.37. The standard InChI is InChI=1S/C13H15BrClN3/c1-2-13(3-4-13)8-18-11(6-15)17-10-5-9(14)7-16-12(10)18/h5,7H,2-4,6,8H2,1H3. The zero-order valence-electron chi connectivity index (χ0n) is 10.3. The first-order valence-electron chi connectivity index (χ1n) is 6.24. The predicted molar refractivity (Wildman–Crippen MR) is 76.7 cm³/mol. The Morgan fingerprint density at radius 3 is 2.89 bits per heavy atom. The van der Waals surface area contributed by atoms with E-state index in [-0.39, 0.29) is 0 Å². The van der Waals surface area contributed by atoms with Crippen molar-refractivity contribution >= 4 is 38.7 Å². The molecule has 0 unspecified atom stereocenters. The van der Waals surface area contributed by atoms with Gasteiger partial charge in [0.15, 0.2) is 5.65 Å². The second kappa shape index (κ2) is 4.49. The van der Waals surface area contributed by atoms with Crippen molar-refractivity contribution < 1.29 is 0 Å². The molecule has 1 aliphatic rings. The summed E-state index contributed by atoms with van der Waals surface area (Å²) in [4.78, 5) is 9.07. The van der Waals surface area contributed by atoms with E-state index in [4.69, 9.17) is 11.6 Å². The average Bonchev–Trinajstić information content (AvgIpc) is 3.07. The van der Waals surface area contributed by atoms with Gasteiger partial charge in [0.25, 0.3) is 0 Å². The zero-order chi connectivity index (χ0) is 12.8. The fraction of sp³-hybridized carbons (Fsp3) is 0.538. The topological polar surface area (TPSA) is 30.7 Å². The molecule has 18 heavy (non-hydrogen) atoms. The van der Waals surface area contributed by atoms with Crippen molar-refractivity contribution in [1.29, 1.82) is 0 Å². The lowest BCUT2D eigenvalue weighted by Crippen LogP contribution is -2.13. The van der Waals surface area contributed by atoms with E-state index in [0.717, 1.165) is 28.0 Å². The van der Waals surface area contributed by atoms with Crippen LogP contribution in [0.2, 0.25) is 0 Å². The molecule has 0 atom stereocenters. The molecule has 0 saturated heterocycles. The number of fused-ring (bicyclic) bond motifs is 1. The Hall–Kier alpha value is -0.610. The van der Waals surface area contributed by atoms with Crippen molar-refractivity contribution in [2.24, 2.45) is 5.41 Å². The van der Waals surface area contributed by atoms with Crippen LogP contribution in [0.3, 0.4) is 0 Å². The Balaban J connectivity index is 2.08. The summed E-state index contributed by atoms with van der Waals surface area (Å²) in [7, 11) is 0. The van der Waals surface area contributed by atoms with Crippen LogP contribution in [0.1, 0.15) is 32.0 Å². The van der Waals surface area contributed by atoms with Gasteiger partial charge in [0.05, 0.1) is 5.88 Å². The molecule has 0 aromatic carbocycles. The fourth-order valence-corrected chi connectivity index (χ4v) is 2.96. The van der Waals surface area contributed by atoms with Gasteiger partial charge in [-0.2, -0.15) is 0 Å². The summed E-state index contributed by atoms with van der Waals surface area (Å²) >= 11 is 9.44. The Morgan fingerprint density at radius 1 is 1.50 bits per heavy atom. The van der Waals surface area contributed by atoms with Gasteiger partial charge in [-0.25, -0.2) is 9.97 Å². The maximum Gasteiger partial charge on any atom is 0.160 e. The molecule has 2 aromatic rings. The number of rotatable bonds is 4. The van der Waals surface area contributed by atoms with E-state index in [1.165, 1.54) is 19.3 Å². The first-order chi connectivity index (χ1) is 8.67. The number of pyridine rings is 1. The summed E-state index contributed by atoms with van der Waals surface area (Å²) < 4.78 is 3.16. The third kappa shape index (κ3) is 2.05. The van der Waals surface area contributed by atoms with Crippen LogP contribution in [-0.2, 0) is 12.4 Å². The number of alkyl halides is 1. The summed E-state index contributed by atoms with van der Waals surface area (Å²) in [6.45, 7) is 3.26. The molecule has 1 fully saturated rings. The highest BCUT2D eigenvalue weighted by Crippen LogP contribution is 2.50. The molecule has 1 saturated carbocycles. The molecule has 3 nitrogen and oxygen atoms in total. The summed E-state index contributed by atoms with van der Waals surface area (Å²) in [6, 6.07) is 2.00. The first kappa shape index (κ1) is 12.4. The van der Waals surface area contributed by atoms with Crippen LogP contribution in [-0.4, -0.2) is 14.5 Å². The lowest BCUT2D eigenvalue weighted by molar-refractivity contribution is 0.408. The summed E-state index contributed by atoms with van der Waals surface area (Å²) in [5, 5.41) is 0. The number of aromatic nitrogens is 3. The Labute approximate surface area is 120 Å². The monoisotopic (exact) mass is 327 g/mol. The van der Waals surface area contributed by atoms with Crippen molar-refractivity contribution in [2.45, 2.75) is 38.6 Å². The summed E-state index contributed by atoms with van der Waals surface area (Å²) in [6.07, 6.45) is 5.65. The Morgan fingerprint density at radius 2 is 2.28 bits per heavy atom. The molecule has 5 heteroatoms. The number of halogens is 2. The van der Waals surface area contributed by atoms with E-state index in [1.54, 1.807) is 0 Å². The quantitative estimate of drug-likeness (QED) is 0.790. The molecule has 0 radical (unpaired) electrons. The van der Waals surface area contributed by atoms with Crippen LogP contribution >= 0.6 is 27.5 Å². The third-order valence-electron chi connectivity index (χ3n) is 3.95. The molecule has 0 aliphatic heterocycles. The van der Waals surface area contributed by atoms with E-state index in [9.17, 15) is 0 Å². The lowest BCUT2D eigenvalue weighted by Gasteiger charge is -2.15. The van der Waals surface area contributed by atoms with E-state index >= 15 is 0 Å². The molecule has 2 heterocycles. The van der Waals surface area contributed by atoms with Crippen molar-refractivity contribution in [3.05, 3.63) is 22.6 Å². The molecule has 0 amide bonds. The smallest absolute Gasteiger partial charge is 0.160 e. The largest absolute Gasteiger partial charge is 0.311 e. The molecule has 2 aromatic heterocycles. The highest BCUT2D eigenvalue weighted by atomic mass is 79.9. The first-order valence-corrected chi connectivity index (χ1v) is 7.57. The second-order valence-electron chi connectivity index (χ2n) is 5.10. The van der Waals surface area contributed by atoms with Crippen LogP contribution in [0, 0.1) is 5.41 Å². The number of imidazole rings is 1. The van der Waals surface area contributed by atoms with Crippen molar-refractivity contribution in [1.82, 2.24) is 14.5 Å². The van der Waals surface area contributed by atoms with Gasteiger partial charge < -0.3 is 4.57 Å². The average molecular weight is 329 g/mol. The van der Waals surface area contributed by atoms with E-state index in [2.05, 4.69) is 37.4 Å². The molecule has 96 valence electrons. The van der Waals surface area contributed by atoms with Crippen molar-refractivity contribution in [3.8, 4) is 0 Å². The maximum absolute atomic E-state index is 6.01. The van der Waals surface area contributed by atoms with Crippen molar-refractivity contribution in [3.63, 3.8) is 0 Å². The van der Waals surface area contributed by atoms with Crippen LogP contribution in [0.5, 0.6) is 0 Å². The molecule has 0 bridgehead atoms. The van der Waals surface area contributed by atoms with Crippen LogP contribution in [0.25, 0.3) is 11.2 Å². The van der Waals surface area contributed by atoms with Crippen LogP contribution in [0.4, 0.5) is 0 Å². The number of nitrogens with zero attached hydrogens (tertiary/aromatic N) is 3. The minimum atomic E-state index is 0.438. The van der Waals surface area contributed by atoms with E-state index in [0.29, 0.717) is 11.3 Å². The molecular weight excluding hydrogens is 314 g/mol. The Bertz CT molecular complexity index is 589. The van der Waals surface area contributed by atoms with E-state index in [1.807, 2.05) is 12.3 Å². The van der Waals surface area contributed by atoms with Crippen LogP contribution < -0.4 is 0 Å². The summed E-state index contributed by atoms with van der Waals surface area (Å²) in [5.41, 5.74) is 2.34. The fourth-order valence-electron chi connectivity index (χ4n) is 2.44.